The van der Waals surface area contributed by atoms with Gasteiger partial charge in [-0.05, 0) is 60.7 Å². The number of aliphatic imine (C=N–C) groups is 1. The first kappa shape index (κ1) is 27.1. The van der Waals surface area contributed by atoms with E-state index in [2.05, 4.69) is 51.7 Å². The summed E-state index contributed by atoms with van der Waals surface area (Å²) in [5, 5.41) is 6.71. The highest BCUT2D eigenvalue weighted by molar-refractivity contribution is 14.0. The molecule has 2 N–H and O–H groups in total. The van der Waals surface area contributed by atoms with Gasteiger partial charge in [-0.3, -0.25) is 14.7 Å². The van der Waals surface area contributed by atoms with Gasteiger partial charge in [0.15, 0.2) is 5.96 Å². The third-order valence-corrected chi connectivity index (χ3v) is 6.06. The highest BCUT2D eigenvalue weighted by atomic mass is 127. The minimum absolute atomic E-state index is 0. The predicted octanol–water partition coefficient (Wildman–Crippen LogP) is 4.10. The Morgan fingerprint density at radius 3 is 1.91 bits per heavy atom. The van der Waals surface area contributed by atoms with Crippen LogP contribution >= 0.6 is 24.0 Å². The molecule has 0 spiro atoms. The van der Waals surface area contributed by atoms with Crippen molar-refractivity contribution in [2.75, 3.05) is 34.2 Å². The highest BCUT2D eigenvalue weighted by Crippen LogP contribution is 2.18. The van der Waals surface area contributed by atoms with Gasteiger partial charge in [-0.2, -0.15) is 0 Å². The maximum Gasteiger partial charge on any atom is 0.253 e. The lowest BCUT2D eigenvalue weighted by molar-refractivity contribution is 0.0827. The van der Waals surface area contributed by atoms with Gasteiger partial charge in [0, 0.05) is 46.3 Å². The van der Waals surface area contributed by atoms with Crippen LogP contribution in [0.2, 0.25) is 0 Å². The quantitative estimate of drug-likeness (QED) is 0.303. The fraction of sp³-hybridized carbons (Fsp3) is 0.462. The molecule has 0 saturated carbocycles. The van der Waals surface area contributed by atoms with Gasteiger partial charge in [0.1, 0.15) is 0 Å². The Kier molecular flexibility index (Phi) is 11.1. The number of carbonyl (C=O) groups is 1. The summed E-state index contributed by atoms with van der Waals surface area (Å²) < 4.78 is 0. The number of nitrogens with zero attached hydrogens (tertiary/aromatic N) is 3. The average Bonchev–Trinajstić information content (AvgIpc) is 2.81. The van der Waals surface area contributed by atoms with E-state index < -0.39 is 0 Å². The van der Waals surface area contributed by atoms with Crippen molar-refractivity contribution in [2.45, 2.75) is 39.4 Å². The molecule has 33 heavy (non-hydrogen) atoms. The van der Waals surface area contributed by atoms with E-state index in [1.165, 1.54) is 37.1 Å². The van der Waals surface area contributed by atoms with Crippen LogP contribution in [0.1, 0.15) is 46.8 Å². The maximum atomic E-state index is 12.0. The molecule has 6 nitrogen and oxygen atoms in total. The van der Waals surface area contributed by atoms with Crippen molar-refractivity contribution in [2.24, 2.45) is 10.9 Å². The maximum absolute atomic E-state index is 12.0. The molecule has 1 aliphatic heterocycles. The summed E-state index contributed by atoms with van der Waals surface area (Å²) in [6.45, 7) is 7.18. The minimum atomic E-state index is 0. The molecule has 0 radical (unpaired) electrons. The van der Waals surface area contributed by atoms with Crippen molar-refractivity contribution in [3.05, 3.63) is 70.8 Å². The summed E-state index contributed by atoms with van der Waals surface area (Å²) in [6, 6.07) is 16.5. The zero-order valence-electron chi connectivity index (χ0n) is 20.3. The first-order chi connectivity index (χ1) is 15.4. The van der Waals surface area contributed by atoms with E-state index in [1.54, 1.807) is 26.0 Å². The van der Waals surface area contributed by atoms with Crippen LogP contribution in [0.3, 0.4) is 0 Å². The first-order valence-corrected chi connectivity index (χ1v) is 11.5. The Morgan fingerprint density at radius 2 is 1.42 bits per heavy atom. The van der Waals surface area contributed by atoms with Crippen molar-refractivity contribution < 1.29 is 4.79 Å². The molecular weight excluding hydrogens is 525 g/mol. The lowest BCUT2D eigenvalue weighted by Crippen LogP contribution is -2.36. The molecule has 1 fully saturated rings. The van der Waals surface area contributed by atoms with Crippen molar-refractivity contribution in [1.82, 2.24) is 20.4 Å². The highest BCUT2D eigenvalue weighted by Gasteiger charge is 2.15. The van der Waals surface area contributed by atoms with Gasteiger partial charge in [-0.25, -0.2) is 0 Å². The molecule has 2 aromatic rings. The summed E-state index contributed by atoms with van der Waals surface area (Å²) >= 11 is 0. The van der Waals surface area contributed by atoms with E-state index in [9.17, 15) is 4.79 Å². The standard InChI is InChI=1S/C26H37N5O.HI/c1-20-13-15-31(16-14-20)19-23-7-5-21(6-8-23)17-28-26(27-2)29-18-22-9-11-24(12-10-22)25(32)30(3)4;/h5-12,20H,13-19H2,1-4H3,(H2,27,28,29);1H. The van der Waals surface area contributed by atoms with Gasteiger partial charge in [0.2, 0.25) is 0 Å². The van der Waals surface area contributed by atoms with Gasteiger partial charge in [0.25, 0.3) is 5.91 Å². The van der Waals surface area contributed by atoms with Crippen LogP contribution in [0.25, 0.3) is 0 Å². The molecule has 0 atom stereocenters. The fourth-order valence-electron chi connectivity index (χ4n) is 3.86. The van der Waals surface area contributed by atoms with E-state index >= 15 is 0 Å². The van der Waals surface area contributed by atoms with Gasteiger partial charge in [0.05, 0.1) is 0 Å². The second-order valence-electron chi connectivity index (χ2n) is 8.95. The smallest absolute Gasteiger partial charge is 0.253 e. The number of benzene rings is 2. The number of piperidine rings is 1. The summed E-state index contributed by atoms with van der Waals surface area (Å²) in [5.41, 5.74) is 4.40. The van der Waals surface area contributed by atoms with Crippen LogP contribution in [0.5, 0.6) is 0 Å². The second-order valence-corrected chi connectivity index (χ2v) is 8.95. The van der Waals surface area contributed by atoms with E-state index in [0.717, 1.165) is 30.5 Å². The van der Waals surface area contributed by atoms with Crippen LogP contribution in [-0.4, -0.2) is 55.9 Å². The Bertz CT molecular complexity index is 888. The fourth-order valence-corrected chi connectivity index (χ4v) is 3.86. The third-order valence-electron chi connectivity index (χ3n) is 6.06. The first-order valence-electron chi connectivity index (χ1n) is 11.5. The molecule has 3 rings (SSSR count). The summed E-state index contributed by atoms with van der Waals surface area (Å²) in [7, 11) is 5.29. The molecule has 2 aromatic carbocycles. The average molecular weight is 564 g/mol. The summed E-state index contributed by atoms with van der Waals surface area (Å²) in [5.74, 6) is 1.64. The lowest BCUT2D eigenvalue weighted by Gasteiger charge is -2.30. The lowest BCUT2D eigenvalue weighted by atomic mass is 9.99. The number of nitrogens with one attached hydrogen (secondary N) is 2. The number of rotatable bonds is 7. The van der Waals surface area contributed by atoms with Crippen LogP contribution in [0.4, 0.5) is 0 Å². The Hall–Kier alpha value is -2.13. The van der Waals surface area contributed by atoms with Crippen molar-refractivity contribution in [3.63, 3.8) is 0 Å². The Morgan fingerprint density at radius 1 is 0.939 bits per heavy atom. The van der Waals surface area contributed by atoms with Gasteiger partial charge in [-0.15, -0.1) is 24.0 Å². The van der Waals surface area contributed by atoms with Gasteiger partial charge < -0.3 is 15.5 Å². The number of halogens is 1. The summed E-state index contributed by atoms with van der Waals surface area (Å²) in [6.07, 6.45) is 2.62. The SMILES string of the molecule is CN=C(NCc1ccc(CN2CCC(C)CC2)cc1)NCc1ccc(C(=O)N(C)C)cc1.I. The van der Waals surface area contributed by atoms with E-state index in [1.807, 2.05) is 24.3 Å². The zero-order valence-corrected chi connectivity index (χ0v) is 22.6. The van der Waals surface area contributed by atoms with Gasteiger partial charge >= 0.3 is 0 Å². The van der Waals surface area contributed by atoms with Crippen molar-refractivity contribution in [1.29, 1.82) is 0 Å². The normalized spacial score (nSPS) is 15.0. The van der Waals surface area contributed by atoms with Crippen molar-refractivity contribution in [3.8, 4) is 0 Å². The molecule has 180 valence electrons. The van der Waals surface area contributed by atoms with Crippen LogP contribution in [0, 0.1) is 5.92 Å². The number of guanidine groups is 1. The van der Waals surface area contributed by atoms with Crippen LogP contribution in [-0.2, 0) is 19.6 Å². The van der Waals surface area contributed by atoms with E-state index in [4.69, 9.17) is 0 Å². The molecule has 1 aliphatic rings. The van der Waals surface area contributed by atoms with E-state index in [-0.39, 0.29) is 29.9 Å². The predicted molar refractivity (Wildman–Crippen MR) is 147 cm³/mol. The second kappa shape index (κ2) is 13.5. The number of hydrogen-bond donors (Lipinski definition) is 2. The number of likely N-dealkylation sites (tertiary alicyclic amines) is 1. The molecule has 0 bridgehead atoms. The number of carbonyl (C=O) groups excluding carboxylic acids is 1. The largest absolute Gasteiger partial charge is 0.352 e. The third kappa shape index (κ3) is 8.62. The summed E-state index contributed by atoms with van der Waals surface area (Å²) in [4.78, 5) is 20.5. The molecule has 1 amide bonds. The number of hydrogen-bond acceptors (Lipinski definition) is 3. The molecule has 1 heterocycles. The molecule has 0 aromatic heterocycles. The molecular formula is C26H38IN5O. The molecule has 0 unspecified atom stereocenters. The van der Waals surface area contributed by atoms with Gasteiger partial charge in [-0.1, -0.05) is 43.3 Å². The van der Waals surface area contributed by atoms with E-state index in [0.29, 0.717) is 12.1 Å². The molecule has 1 saturated heterocycles. The molecule has 7 heteroatoms. The minimum Gasteiger partial charge on any atom is -0.352 e. The topological polar surface area (TPSA) is 60.0 Å². The van der Waals surface area contributed by atoms with Crippen LogP contribution in [0.15, 0.2) is 53.5 Å². The molecule has 0 aliphatic carbocycles. The van der Waals surface area contributed by atoms with Crippen LogP contribution < -0.4 is 10.6 Å². The Labute approximate surface area is 215 Å². The zero-order chi connectivity index (χ0) is 22.9. The monoisotopic (exact) mass is 563 g/mol. The van der Waals surface area contributed by atoms with Crippen molar-refractivity contribution >= 4 is 35.8 Å². The Balaban J connectivity index is 0.00000385. The number of amides is 1.